The maximum absolute atomic E-state index is 5.94. The largest absolute Gasteiger partial charge is 0.374 e. The van der Waals surface area contributed by atoms with E-state index in [1.807, 2.05) is 4.68 Å². The molecule has 6 heteroatoms. The first-order valence-corrected chi connectivity index (χ1v) is 7.80. The third kappa shape index (κ3) is 3.19. The molecule has 1 aromatic heterocycles. The first kappa shape index (κ1) is 14.0. The Balaban J connectivity index is 1.42. The summed E-state index contributed by atoms with van der Waals surface area (Å²) in [6, 6.07) is 0.680. The Labute approximate surface area is 120 Å². The molecule has 0 saturated carbocycles. The number of morpholine rings is 1. The minimum absolute atomic E-state index is 0.312. The van der Waals surface area contributed by atoms with Crippen LogP contribution in [-0.2, 0) is 17.8 Å². The molecule has 0 aromatic carbocycles. The van der Waals surface area contributed by atoms with Crippen molar-refractivity contribution in [2.75, 3.05) is 26.2 Å². The molecule has 0 spiro atoms. The molecule has 0 bridgehead atoms. The molecule has 3 heterocycles. The average Bonchev–Trinajstić information content (AvgIpc) is 3.08. The van der Waals surface area contributed by atoms with Gasteiger partial charge >= 0.3 is 0 Å². The first-order valence-electron chi connectivity index (χ1n) is 7.80. The number of ether oxygens (including phenoxy) is 1. The molecule has 20 heavy (non-hydrogen) atoms. The van der Waals surface area contributed by atoms with Crippen molar-refractivity contribution in [2.45, 2.75) is 51.4 Å². The van der Waals surface area contributed by atoms with Gasteiger partial charge in [0.05, 0.1) is 19.3 Å². The van der Waals surface area contributed by atoms with Crippen LogP contribution in [0.1, 0.15) is 32.0 Å². The molecule has 112 valence electrons. The number of aromatic nitrogens is 3. The van der Waals surface area contributed by atoms with Crippen LogP contribution in [0.2, 0.25) is 0 Å². The summed E-state index contributed by atoms with van der Waals surface area (Å²) >= 11 is 0. The quantitative estimate of drug-likeness (QED) is 0.828. The zero-order valence-corrected chi connectivity index (χ0v) is 12.3. The highest BCUT2D eigenvalue weighted by atomic mass is 16.5. The zero-order valence-electron chi connectivity index (χ0n) is 12.3. The monoisotopic (exact) mass is 279 g/mol. The molecule has 2 saturated heterocycles. The van der Waals surface area contributed by atoms with Gasteiger partial charge < -0.3 is 10.1 Å². The molecule has 2 aliphatic heterocycles. The van der Waals surface area contributed by atoms with Crippen LogP contribution in [0.5, 0.6) is 0 Å². The molecule has 2 fully saturated rings. The summed E-state index contributed by atoms with van der Waals surface area (Å²) in [5.74, 6) is 1.02. The molecular formula is C14H25N5O. The summed E-state index contributed by atoms with van der Waals surface area (Å²) in [5, 5.41) is 7.70. The Morgan fingerprint density at radius 3 is 3.35 bits per heavy atom. The van der Waals surface area contributed by atoms with Crippen molar-refractivity contribution < 1.29 is 4.74 Å². The van der Waals surface area contributed by atoms with Crippen LogP contribution in [-0.4, -0.2) is 58.1 Å². The van der Waals surface area contributed by atoms with E-state index in [1.54, 1.807) is 6.33 Å². The van der Waals surface area contributed by atoms with Gasteiger partial charge in [0.25, 0.3) is 0 Å². The van der Waals surface area contributed by atoms with Gasteiger partial charge in [-0.25, -0.2) is 9.67 Å². The van der Waals surface area contributed by atoms with Gasteiger partial charge in [-0.3, -0.25) is 4.90 Å². The molecule has 2 atom stereocenters. The van der Waals surface area contributed by atoms with Gasteiger partial charge in [0.2, 0.25) is 0 Å². The van der Waals surface area contributed by atoms with Crippen LogP contribution in [0.15, 0.2) is 6.33 Å². The molecule has 2 aliphatic rings. The Hall–Kier alpha value is -0.980. The summed E-state index contributed by atoms with van der Waals surface area (Å²) < 4.78 is 7.92. The van der Waals surface area contributed by atoms with Crippen LogP contribution in [0.4, 0.5) is 0 Å². The van der Waals surface area contributed by atoms with Crippen molar-refractivity contribution in [3.8, 4) is 0 Å². The summed E-state index contributed by atoms with van der Waals surface area (Å²) in [6.45, 7) is 7.96. The fourth-order valence-electron chi connectivity index (χ4n) is 3.18. The smallest absolute Gasteiger partial charge is 0.140 e. The van der Waals surface area contributed by atoms with Crippen LogP contribution in [0, 0.1) is 0 Å². The van der Waals surface area contributed by atoms with Crippen LogP contribution in [0.25, 0.3) is 0 Å². The normalized spacial score (nSPS) is 26.9. The van der Waals surface area contributed by atoms with E-state index in [0.717, 1.165) is 45.0 Å². The van der Waals surface area contributed by atoms with Gasteiger partial charge in [-0.15, -0.1) is 0 Å². The number of hydrogen-bond donors (Lipinski definition) is 1. The molecule has 2 unspecified atom stereocenters. The van der Waals surface area contributed by atoms with E-state index < -0.39 is 0 Å². The number of hydrogen-bond acceptors (Lipinski definition) is 5. The molecule has 3 rings (SSSR count). The minimum atomic E-state index is 0.312. The molecular weight excluding hydrogens is 254 g/mol. The third-order valence-corrected chi connectivity index (χ3v) is 4.25. The number of nitrogens with one attached hydrogen (secondary N) is 1. The van der Waals surface area contributed by atoms with Gasteiger partial charge in [0, 0.05) is 25.7 Å². The summed E-state index contributed by atoms with van der Waals surface area (Å²) in [4.78, 5) is 6.89. The Morgan fingerprint density at radius 1 is 1.50 bits per heavy atom. The van der Waals surface area contributed by atoms with Gasteiger partial charge in [0.1, 0.15) is 12.2 Å². The highest BCUT2D eigenvalue weighted by molar-refractivity contribution is 4.87. The van der Waals surface area contributed by atoms with E-state index >= 15 is 0 Å². The topological polar surface area (TPSA) is 55.2 Å². The van der Waals surface area contributed by atoms with Crippen molar-refractivity contribution in [1.29, 1.82) is 0 Å². The van der Waals surface area contributed by atoms with Gasteiger partial charge in [-0.05, 0) is 25.8 Å². The number of nitrogens with zero attached hydrogens (tertiary/aromatic N) is 4. The number of fused-ring (bicyclic) bond motifs is 1. The molecule has 1 N–H and O–H groups in total. The number of aryl methyl sites for hydroxylation is 1. The Bertz CT molecular complexity index is 421. The van der Waals surface area contributed by atoms with Crippen LogP contribution < -0.4 is 5.32 Å². The molecule has 6 nitrogen and oxygen atoms in total. The molecule has 0 radical (unpaired) electrons. The summed E-state index contributed by atoms with van der Waals surface area (Å²) in [6.07, 6.45) is 5.66. The lowest BCUT2D eigenvalue weighted by Crippen LogP contribution is -2.49. The van der Waals surface area contributed by atoms with E-state index in [-0.39, 0.29) is 0 Å². The van der Waals surface area contributed by atoms with E-state index in [1.165, 1.54) is 19.4 Å². The van der Waals surface area contributed by atoms with Gasteiger partial charge in [-0.1, -0.05) is 6.92 Å². The lowest BCUT2D eigenvalue weighted by molar-refractivity contribution is -0.0471. The van der Waals surface area contributed by atoms with Crippen LogP contribution in [0.3, 0.4) is 0 Å². The molecule has 0 aliphatic carbocycles. The lowest BCUT2D eigenvalue weighted by Gasteiger charge is -2.35. The van der Waals surface area contributed by atoms with Crippen molar-refractivity contribution in [2.24, 2.45) is 0 Å². The minimum Gasteiger partial charge on any atom is -0.374 e. The zero-order chi connectivity index (χ0) is 13.8. The lowest BCUT2D eigenvalue weighted by atomic mass is 10.2. The Kier molecular flexibility index (Phi) is 4.65. The predicted octanol–water partition coefficient (Wildman–Crippen LogP) is 0.641. The molecule has 1 aromatic rings. The fourth-order valence-corrected chi connectivity index (χ4v) is 3.18. The second kappa shape index (κ2) is 6.65. The maximum Gasteiger partial charge on any atom is 0.140 e. The third-order valence-electron chi connectivity index (χ3n) is 4.25. The predicted molar refractivity (Wildman–Crippen MR) is 76.4 cm³/mol. The maximum atomic E-state index is 5.94. The van der Waals surface area contributed by atoms with E-state index in [0.29, 0.717) is 12.1 Å². The van der Waals surface area contributed by atoms with Crippen LogP contribution >= 0.6 is 0 Å². The van der Waals surface area contributed by atoms with Crippen molar-refractivity contribution >= 4 is 0 Å². The Morgan fingerprint density at radius 2 is 2.45 bits per heavy atom. The highest BCUT2D eigenvalue weighted by Gasteiger charge is 2.31. The molecule has 0 amide bonds. The van der Waals surface area contributed by atoms with E-state index in [9.17, 15) is 0 Å². The summed E-state index contributed by atoms with van der Waals surface area (Å²) in [7, 11) is 0. The second-order valence-corrected chi connectivity index (χ2v) is 5.78. The van der Waals surface area contributed by atoms with E-state index in [4.69, 9.17) is 4.74 Å². The SMILES string of the molecule is CCCn1ncnc1CNCC1CN2CCCC2CO1. The van der Waals surface area contributed by atoms with Gasteiger partial charge in [-0.2, -0.15) is 5.10 Å². The summed E-state index contributed by atoms with van der Waals surface area (Å²) in [5.41, 5.74) is 0. The van der Waals surface area contributed by atoms with E-state index in [2.05, 4.69) is 27.2 Å². The highest BCUT2D eigenvalue weighted by Crippen LogP contribution is 2.22. The number of rotatable bonds is 6. The first-order chi connectivity index (χ1) is 9.86. The van der Waals surface area contributed by atoms with Crippen molar-refractivity contribution in [3.05, 3.63) is 12.2 Å². The van der Waals surface area contributed by atoms with Crippen molar-refractivity contribution in [1.82, 2.24) is 25.0 Å². The second-order valence-electron chi connectivity index (χ2n) is 5.78. The average molecular weight is 279 g/mol. The van der Waals surface area contributed by atoms with Gasteiger partial charge in [0.15, 0.2) is 0 Å². The van der Waals surface area contributed by atoms with Crippen molar-refractivity contribution in [3.63, 3.8) is 0 Å². The fraction of sp³-hybridized carbons (Fsp3) is 0.857. The standard InChI is InChI=1S/C14H25N5O/c1-2-5-19-14(16-11-17-19)8-15-7-13-9-18-6-3-4-12(18)10-20-13/h11-13,15H,2-10H2,1H3.